The van der Waals surface area contributed by atoms with Crippen LogP contribution in [0.15, 0.2) is 54.2 Å². The van der Waals surface area contributed by atoms with Crippen LogP contribution in [0.2, 0.25) is 0 Å². The van der Waals surface area contributed by atoms with Gasteiger partial charge in [-0.25, -0.2) is 14.4 Å². The van der Waals surface area contributed by atoms with E-state index in [9.17, 15) is 4.39 Å². The second-order valence-corrected chi connectivity index (χ2v) is 7.63. The number of halogens is 1. The lowest BCUT2D eigenvalue weighted by Crippen LogP contribution is -2.06. The van der Waals surface area contributed by atoms with E-state index in [2.05, 4.69) is 56.4 Å². The molecule has 0 amide bonds. The van der Waals surface area contributed by atoms with Gasteiger partial charge in [-0.15, -0.1) is 11.3 Å². The molecule has 0 aliphatic rings. The third kappa shape index (κ3) is 4.47. The van der Waals surface area contributed by atoms with Gasteiger partial charge in [-0.05, 0) is 24.5 Å². The lowest BCUT2D eigenvalue weighted by molar-refractivity contribution is 0.623. The summed E-state index contributed by atoms with van der Waals surface area (Å²) in [5.74, 6) is 6.87. The Morgan fingerprint density at radius 3 is 2.80 bits per heavy atom. The van der Waals surface area contributed by atoms with Crippen LogP contribution in [-0.2, 0) is 6.42 Å². The molecule has 1 aromatic carbocycles. The minimum Gasteiger partial charge on any atom is -0.369 e. The summed E-state index contributed by atoms with van der Waals surface area (Å²) in [5, 5.41) is 5.42. The Hall–Kier alpha value is -3.30. The lowest BCUT2D eigenvalue weighted by atomic mass is 10.1. The van der Waals surface area contributed by atoms with Gasteiger partial charge in [-0.3, -0.25) is 4.98 Å². The molecule has 0 unspecified atom stereocenters. The molecule has 0 aliphatic carbocycles. The van der Waals surface area contributed by atoms with Crippen molar-refractivity contribution < 1.29 is 4.39 Å². The van der Waals surface area contributed by atoms with Gasteiger partial charge >= 0.3 is 0 Å². The van der Waals surface area contributed by atoms with Crippen LogP contribution in [0, 0.1) is 17.7 Å². The quantitative estimate of drug-likeness (QED) is 0.324. The van der Waals surface area contributed by atoms with Gasteiger partial charge in [0.1, 0.15) is 11.3 Å². The average Bonchev–Trinajstić information content (AvgIpc) is 3.19. The first kappa shape index (κ1) is 20.0. The molecule has 0 spiro atoms. The van der Waals surface area contributed by atoms with Crippen molar-refractivity contribution in [2.75, 3.05) is 11.9 Å². The van der Waals surface area contributed by atoms with Crippen molar-refractivity contribution in [1.82, 2.24) is 15.0 Å². The smallest absolute Gasteiger partial charge is 0.165 e. The number of fused-ring (bicyclic) bond motifs is 1. The summed E-state index contributed by atoms with van der Waals surface area (Å²) < 4.78 is 15.3. The minimum absolute atomic E-state index is 0.333. The molecule has 30 heavy (non-hydrogen) atoms. The van der Waals surface area contributed by atoms with Crippen LogP contribution in [0.1, 0.15) is 30.9 Å². The Morgan fingerprint density at radius 1 is 1.13 bits per heavy atom. The number of aromatic nitrogens is 3. The molecular formula is C24H21FN4S. The Balaban J connectivity index is 1.65. The van der Waals surface area contributed by atoms with Gasteiger partial charge in [0.05, 0.1) is 22.0 Å². The van der Waals surface area contributed by atoms with E-state index in [-0.39, 0.29) is 0 Å². The van der Waals surface area contributed by atoms with Crippen LogP contribution in [0.5, 0.6) is 0 Å². The highest BCUT2D eigenvalue weighted by atomic mass is 32.1. The fourth-order valence-electron chi connectivity index (χ4n) is 3.13. The second-order valence-electron chi connectivity index (χ2n) is 6.75. The maximum Gasteiger partial charge on any atom is 0.165 e. The van der Waals surface area contributed by atoms with E-state index < -0.39 is 5.82 Å². The van der Waals surface area contributed by atoms with E-state index in [1.54, 1.807) is 23.6 Å². The van der Waals surface area contributed by atoms with Crippen LogP contribution < -0.4 is 5.32 Å². The van der Waals surface area contributed by atoms with Gasteiger partial charge in [0, 0.05) is 24.5 Å². The molecule has 4 nitrogen and oxygen atoms in total. The number of hydrogen-bond acceptors (Lipinski definition) is 5. The maximum absolute atomic E-state index is 14.3. The summed E-state index contributed by atoms with van der Waals surface area (Å²) in [6, 6.07) is 12.0. The summed E-state index contributed by atoms with van der Waals surface area (Å²) in [5.41, 5.74) is 3.25. The first-order valence-electron chi connectivity index (χ1n) is 9.92. The van der Waals surface area contributed by atoms with Crippen LogP contribution in [0.25, 0.3) is 21.6 Å². The summed E-state index contributed by atoms with van der Waals surface area (Å²) in [6.45, 7) is 2.77. The molecule has 4 rings (SSSR count). The van der Waals surface area contributed by atoms with E-state index in [0.29, 0.717) is 17.2 Å². The molecule has 6 heteroatoms. The molecule has 0 atom stereocenters. The molecule has 3 aromatic heterocycles. The van der Waals surface area contributed by atoms with Crippen molar-refractivity contribution in [2.24, 2.45) is 0 Å². The van der Waals surface area contributed by atoms with Crippen molar-refractivity contribution in [2.45, 2.75) is 26.2 Å². The van der Waals surface area contributed by atoms with Crippen LogP contribution >= 0.6 is 11.3 Å². The van der Waals surface area contributed by atoms with E-state index in [4.69, 9.17) is 0 Å². The zero-order chi connectivity index (χ0) is 20.8. The predicted molar refractivity (Wildman–Crippen MR) is 121 cm³/mol. The van der Waals surface area contributed by atoms with Gasteiger partial charge in [0.25, 0.3) is 0 Å². The highest BCUT2D eigenvalue weighted by Gasteiger charge is 2.16. The zero-order valence-corrected chi connectivity index (χ0v) is 17.5. The monoisotopic (exact) mass is 416 g/mol. The number of thiophene rings is 1. The third-order valence-electron chi connectivity index (χ3n) is 4.61. The van der Waals surface area contributed by atoms with Crippen molar-refractivity contribution in [1.29, 1.82) is 0 Å². The van der Waals surface area contributed by atoms with E-state index >= 15 is 0 Å². The number of aryl methyl sites for hydroxylation is 1. The molecule has 0 bridgehead atoms. The molecule has 0 aliphatic heterocycles. The Labute approximate surface area is 179 Å². The molecule has 0 fully saturated rings. The maximum atomic E-state index is 14.3. The molecule has 0 saturated heterocycles. The second kappa shape index (κ2) is 9.47. The lowest BCUT2D eigenvalue weighted by Gasteiger charge is -2.09. The number of rotatable bonds is 6. The summed E-state index contributed by atoms with van der Waals surface area (Å²) in [6.07, 6.45) is 5.43. The van der Waals surface area contributed by atoms with Gasteiger partial charge in [-0.2, -0.15) is 0 Å². The number of benzene rings is 1. The summed E-state index contributed by atoms with van der Waals surface area (Å²) in [7, 11) is 0. The Morgan fingerprint density at radius 2 is 2.00 bits per heavy atom. The predicted octanol–water partition coefficient (Wildman–Crippen LogP) is 5.70. The van der Waals surface area contributed by atoms with Crippen molar-refractivity contribution in [3.63, 3.8) is 0 Å². The number of anilines is 1. The molecule has 150 valence electrons. The van der Waals surface area contributed by atoms with E-state index in [0.717, 1.165) is 41.6 Å². The van der Waals surface area contributed by atoms with Gasteiger partial charge in [-0.1, -0.05) is 49.1 Å². The van der Waals surface area contributed by atoms with Gasteiger partial charge in [0.15, 0.2) is 11.6 Å². The topological polar surface area (TPSA) is 50.7 Å². The van der Waals surface area contributed by atoms with Crippen LogP contribution in [0.4, 0.5) is 10.2 Å². The van der Waals surface area contributed by atoms with E-state index in [1.165, 1.54) is 11.8 Å². The fraction of sp³-hybridized carbons (Fsp3) is 0.208. The van der Waals surface area contributed by atoms with Crippen molar-refractivity contribution in [3.05, 3.63) is 71.1 Å². The molecule has 3 heterocycles. The van der Waals surface area contributed by atoms with Gasteiger partial charge in [0.2, 0.25) is 0 Å². The highest BCUT2D eigenvalue weighted by Crippen LogP contribution is 2.32. The van der Waals surface area contributed by atoms with Crippen molar-refractivity contribution in [3.8, 4) is 23.2 Å². The Bertz CT molecular complexity index is 1210. The number of nitrogens with one attached hydrogen (secondary N) is 1. The largest absolute Gasteiger partial charge is 0.369 e. The Kier molecular flexibility index (Phi) is 6.31. The summed E-state index contributed by atoms with van der Waals surface area (Å²) >= 11 is 1.56. The molecule has 0 saturated carbocycles. The normalized spacial score (nSPS) is 10.6. The van der Waals surface area contributed by atoms with Crippen LogP contribution in [-0.4, -0.2) is 21.5 Å². The SMILES string of the molecule is CCC#Cc1csc2c(NCCCc3ccccc3)nc(-c3ccncc3F)nc12. The van der Waals surface area contributed by atoms with Gasteiger partial charge < -0.3 is 5.32 Å². The average molecular weight is 417 g/mol. The number of pyridine rings is 1. The fourth-order valence-corrected chi connectivity index (χ4v) is 4.03. The van der Waals surface area contributed by atoms with Crippen molar-refractivity contribution >= 4 is 27.4 Å². The zero-order valence-electron chi connectivity index (χ0n) is 16.7. The molecule has 1 N–H and O–H groups in total. The molecule has 4 aromatic rings. The number of nitrogens with zero attached hydrogens (tertiary/aromatic N) is 3. The number of hydrogen-bond donors (Lipinski definition) is 1. The third-order valence-corrected chi connectivity index (χ3v) is 5.58. The molecule has 0 radical (unpaired) electrons. The molecular weight excluding hydrogens is 395 g/mol. The summed E-state index contributed by atoms with van der Waals surface area (Å²) in [4.78, 5) is 13.1. The minimum atomic E-state index is -0.441. The van der Waals surface area contributed by atoms with Crippen LogP contribution in [0.3, 0.4) is 0 Å². The highest BCUT2D eigenvalue weighted by molar-refractivity contribution is 7.18. The standard InChI is InChI=1S/C24H21FN4S/c1-2-3-11-18-16-30-22-21(18)28-23(19-12-14-26-15-20(19)25)29-24(22)27-13-7-10-17-8-5-4-6-9-17/h4-6,8-9,12,14-16H,2,7,10,13H2,1H3,(H,27,28,29). The first-order chi connectivity index (χ1) is 14.8. The first-order valence-corrected chi connectivity index (χ1v) is 10.8. The van der Waals surface area contributed by atoms with E-state index in [1.807, 2.05) is 18.4 Å².